The van der Waals surface area contributed by atoms with Gasteiger partial charge in [-0.25, -0.2) is 9.97 Å². The Bertz CT molecular complexity index is 444. The van der Waals surface area contributed by atoms with Gasteiger partial charge < -0.3 is 4.90 Å². The van der Waals surface area contributed by atoms with E-state index in [0.717, 1.165) is 18.2 Å². The number of hydrogen-bond donors (Lipinski definition) is 0. The molecule has 2 rings (SSSR count). The van der Waals surface area contributed by atoms with Gasteiger partial charge in [0.1, 0.15) is 11.8 Å². The second kappa shape index (κ2) is 5.81. The molecule has 0 saturated heterocycles. The summed E-state index contributed by atoms with van der Waals surface area (Å²) in [6.07, 6.45) is 6.35. The predicted molar refractivity (Wildman–Crippen MR) is 71.4 cm³/mol. The minimum atomic E-state index is 0.465. The Balaban J connectivity index is 2.26. The lowest BCUT2D eigenvalue weighted by atomic mass is 9.94. The van der Waals surface area contributed by atoms with Crippen LogP contribution >= 0.6 is 0 Å². The highest BCUT2D eigenvalue weighted by Gasteiger charge is 2.22. The van der Waals surface area contributed by atoms with Crippen LogP contribution in [0.25, 0.3) is 0 Å². The third kappa shape index (κ3) is 2.79. The molecule has 0 bridgehead atoms. The third-order valence-electron chi connectivity index (χ3n) is 3.57. The lowest BCUT2D eigenvalue weighted by Crippen LogP contribution is -2.38. The van der Waals surface area contributed by atoms with Gasteiger partial charge in [0.15, 0.2) is 0 Å². The van der Waals surface area contributed by atoms with Gasteiger partial charge in [-0.15, -0.1) is 0 Å². The van der Waals surface area contributed by atoms with E-state index < -0.39 is 0 Å². The highest BCUT2D eigenvalue weighted by molar-refractivity contribution is 5.37. The topological polar surface area (TPSA) is 52.8 Å². The number of nitrogens with zero attached hydrogens (tertiary/aromatic N) is 4. The molecule has 1 aromatic heterocycles. The van der Waals surface area contributed by atoms with Gasteiger partial charge >= 0.3 is 0 Å². The smallest absolute Gasteiger partial charge is 0.227 e. The van der Waals surface area contributed by atoms with E-state index in [1.807, 2.05) is 6.92 Å². The van der Waals surface area contributed by atoms with Crippen LogP contribution in [-0.4, -0.2) is 22.6 Å². The van der Waals surface area contributed by atoms with Crippen molar-refractivity contribution in [2.75, 3.05) is 11.4 Å². The number of aryl methyl sites for hydroxylation is 1. The van der Waals surface area contributed by atoms with Gasteiger partial charge in [-0.05, 0) is 32.8 Å². The van der Waals surface area contributed by atoms with Crippen LogP contribution in [0.5, 0.6) is 0 Å². The zero-order valence-corrected chi connectivity index (χ0v) is 11.2. The maximum atomic E-state index is 8.99. The monoisotopic (exact) mass is 244 g/mol. The Morgan fingerprint density at radius 3 is 2.67 bits per heavy atom. The molecule has 0 radical (unpaired) electrons. The summed E-state index contributed by atoms with van der Waals surface area (Å²) in [4.78, 5) is 11.1. The van der Waals surface area contributed by atoms with Crippen LogP contribution < -0.4 is 4.90 Å². The first kappa shape index (κ1) is 12.8. The molecule has 1 aliphatic carbocycles. The van der Waals surface area contributed by atoms with E-state index >= 15 is 0 Å². The van der Waals surface area contributed by atoms with Gasteiger partial charge in [0.2, 0.25) is 5.95 Å². The summed E-state index contributed by atoms with van der Waals surface area (Å²) in [6, 6.07) is 4.39. The number of rotatable bonds is 3. The maximum absolute atomic E-state index is 8.99. The van der Waals surface area contributed by atoms with Crippen LogP contribution in [0.2, 0.25) is 0 Å². The molecule has 96 valence electrons. The quantitative estimate of drug-likeness (QED) is 0.820. The molecule has 18 heavy (non-hydrogen) atoms. The summed E-state index contributed by atoms with van der Waals surface area (Å²) < 4.78 is 0. The van der Waals surface area contributed by atoms with Gasteiger partial charge in [0.05, 0.1) is 0 Å². The summed E-state index contributed by atoms with van der Waals surface area (Å²) in [5.74, 6) is 0.723. The Labute approximate surface area is 109 Å². The van der Waals surface area contributed by atoms with Crippen molar-refractivity contribution in [1.82, 2.24) is 9.97 Å². The van der Waals surface area contributed by atoms with E-state index in [4.69, 9.17) is 5.26 Å². The third-order valence-corrected chi connectivity index (χ3v) is 3.57. The van der Waals surface area contributed by atoms with Gasteiger partial charge in [0, 0.05) is 18.3 Å². The van der Waals surface area contributed by atoms with Gasteiger partial charge in [-0.1, -0.05) is 19.3 Å². The average Bonchev–Trinajstić information content (AvgIpc) is 2.40. The average molecular weight is 244 g/mol. The molecule has 0 aliphatic heterocycles. The molecule has 4 nitrogen and oxygen atoms in total. The number of anilines is 1. The Hall–Kier alpha value is -1.63. The van der Waals surface area contributed by atoms with Crippen molar-refractivity contribution in [3.63, 3.8) is 0 Å². The Kier molecular flexibility index (Phi) is 4.14. The molecule has 0 atom stereocenters. The van der Waals surface area contributed by atoms with Crippen LogP contribution in [0.3, 0.4) is 0 Å². The largest absolute Gasteiger partial charge is 0.338 e. The zero-order chi connectivity index (χ0) is 13.0. The van der Waals surface area contributed by atoms with Crippen molar-refractivity contribution in [3.8, 4) is 6.07 Å². The van der Waals surface area contributed by atoms with Crippen molar-refractivity contribution in [2.24, 2.45) is 0 Å². The Morgan fingerprint density at radius 2 is 2.06 bits per heavy atom. The fourth-order valence-corrected chi connectivity index (χ4v) is 2.69. The predicted octanol–water partition coefficient (Wildman–Crippen LogP) is 2.82. The molecule has 0 spiro atoms. The highest BCUT2D eigenvalue weighted by Crippen LogP contribution is 2.25. The summed E-state index contributed by atoms with van der Waals surface area (Å²) in [7, 11) is 0. The summed E-state index contributed by atoms with van der Waals surface area (Å²) in [5, 5.41) is 8.99. The lowest BCUT2D eigenvalue weighted by molar-refractivity contribution is 0.414. The second-order valence-corrected chi connectivity index (χ2v) is 4.88. The molecule has 1 aromatic rings. The minimum absolute atomic E-state index is 0.465. The van der Waals surface area contributed by atoms with Crippen LogP contribution in [0.4, 0.5) is 5.95 Å². The molecule has 0 unspecified atom stereocenters. The van der Waals surface area contributed by atoms with Crippen molar-refractivity contribution in [1.29, 1.82) is 5.26 Å². The molecule has 1 fully saturated rings. The second-order valence-electron chi connectivity index (χ2n) is 4.88. The fraction of sp³-hybridized carbons (Fsp3) is 0.643. The number of nitriles is 1. The molecule has 1 heterocycles. The zero-order valence-electron chi connectivity index (χ0n) is 11.2. The molecular weight excluding hydrogens is 224 g/mol. The van der Waals surface area contributed by atoms with Crippen molar-refractivity contribution < 1.29 is 0 Å². The first-order valence-electron chi connectivity index (χ1n) is 6.77. The SMILES string of the molecule is CCN(c1nc(C)cc(C#N)n1)C1CCCCC1. The molecule has 0 aromatic carbocycles. The number of hydrogen-bond acceptors (Lipinski definition) is 4. The highest BCUT2D eigenvalue weighted by atomic mass is 15.3. The maximum Gasteiger partial charge on any atom is 0.227 e. The van der Waals surface area contributed by atoms with E-state index in [9.17, 15) is 0 Å². The molecule has 0 N–H and O–H groups in total. The van der Waals surface area contributed by atoms with Crippen LogP contribution in [0.15, 0.2) is 6.07 Å². The van der Waals surface area contributed by atoms with Crippen LogP contribution in [-0.2, 0) is 0 Å². The molecule has 0 amide bonds. The van der Waals surface area contributed by atoms with Gasteiger partial charge in [-0.2, -0.15) is 5.26 Å². The number of aromatic nitrogens is 2. The molecular formula is C14H20N4. The standard InChI is InChI=1S/C14H20N4/c1-3-18(13-7-5-4-6-8-13)14-16-11(2)9-12(10-15)17-14/h9,13H,3-8H2,1-2H3. The van der Waals surface area contributed by atoms with Crippen molar-refractivity contribution in [3.05, 3.63) is 17.5 Å². The summed E-state index contributed by atoms with van der Waals surface area (Å²) >= 11 is 0. The first-order valence-corrected chi connectivity index (χ1v) is 6.77. The normalized spacial score (nSPS) is 16.3. The van der Waals surface area contributed by atoms with Crippen LogP contribution in [0.1, 0.15) is 50.4 Å². The van der Waals surface area contributed by atoms with E-state index in [0.29, 0.717) is 11.7 Å². The fourth-order valence-electron chi connectivity index (χ4n) is 2.69. The van der Waals surface area contributed by atoms with Crippen molar-refractivity contribution >= 4 is 5.95 Å². The molecule has 1 aliphatic rings. The summed E-state index contributed by atoms with van der Waals surface area (Å²) in [6.45, 7) is 4.95. The van der Waals surface area contributed by atoms with E-state index in [2.05, 4.69) is 27.9 Å². The van der Waals surface area contributed by atoms with Gasteiger partial charge in [-0.3, -0.25) is 0 Å². The van der Waals surface area contributed by atoms with Crippen LogP contribution in [0, 0.1) is 18.3 Å². The lowest BCUT2D eigenvalue weighted by Gasteiger charge is -2.33. The summed E-state index contributed by atoms with van der Waals surface area (Å²) in [5.41, 5.74) is 1.33. The molecule has 1 saturated carbocycles. The molecule has 4 heteroatoms. The Morgan fingerprint density at radius 1 is 1.33 bits per heavy atom. The first-order chi connectivity index (χ1) is 8.74. The van der Waals surface area contributed by atoms with Crippen molar-refractivity contribution in [2.45, 2.75) is 52.0 Å². The van der Waals surface area contributed by atoms with E-state index in [1.165, 1.54) is 32.1 Å². The minimum Gasteiger partial charge on any atom is -0.338 e. The van der Waals surface area contributed by atoms with Gasteiger partial charge in [0.25, 0.3) is 0 Å². The van der Waals surface area contributed by atoms with E-state index in [1.54, 1.807) is 6.07 Å². The van der Waals surface area contributed by atoms with E-state index in [-0.39, 0.29) is 0 Å².